The van der Waals surface area contributed by atoms with Gasteiger partial charge in [0, 0.05) is 12.6 Å². The molecule has 1 aliphatic rings. The van der Waals surface area contributed by atoms with Gasteiger partial charge in [0.2, 0.25) is 0 Å². The van der Waals surface area contributed by atoms with Gasteiger partial charge in [-0.05, 0) is 52.7 Å². The van der Waals surface area contributed by atoms with Gasteiger partial charge in [0.25, 0.3) is 0 Å². The van der Waals surface area contributed by atoms with E-state index in [1.54, 1.807) is 0 Å². The van der Waals surface area contributed by atoms with Crippen LogP contribution in [0.25, 0.3) is 0 Å². The molecule has 2 rings (SSSR count). The van der Waals surface area contributed by atoms with Crippen LogP contribution in [-0.4, -0.2) is 46.6 Å². The number of rotatable bonds is 4. The lowest BCUT2D eigenvalue weighted by molar-refractivity contribution is 0.0428. The fraction of sp³-hybridized carbons (Fsp3) is 0.857. The molecule has 0 bridgehead atoms. The summed E-state index contributed by atoms with van der Waals surface area (Å²) in [7, 11) is 8.41. The molecule has 0 aromatic carbocycles. The van der Waals surface area contributed by atoms with Crippen molar-refractivity contribution in [3.8, 4) is 0 Å². The third-order valence-electron chi connectivity index (χ3n) is 4.90. The SMILES string of the molecule is CNC(c1cnnn1C)C1(N(C)C)CCC(C)CC1. The predicted octanol–water partition coefficient (Wildman–Crippen LogP) is 1.59. The van der Waals surface area contributed by atoms with Gasteiger partial charge in [-0.1, -0.05) is 12.1 Å². The van der Waals surface area contributed by atoms with Gasteiger partial charge in [-0.25, -0.2) is 0 Å². The minimum atomic E-state index is 0.163. The summed E-state index contributed by atoms with van der Waals surface area (Å²) in [5.74, 6) is 0.843. The molecule has 1 aliphatic carbocycles. The van der Waals surface area contributed by atoms with Crippen LogP contribution in [0.15, 0.2) is 6.20 Å². The van der Waals surface area contributed by atoms with E-state index in [4.69, 9.17) is 0 Å². The van der Waals surface area contributed by atoms with E-state index in [9.17, 15) is 0 Å². The molecule has 0 amide bonds. The van der Waals surface area contributed by atoms with E-state index < -0.39 is 0 Å². The Kier molecular flexibility index (Phi) is 4.26. The van der Waals surface area contributed by atoms with Crippen LogP contribution in [0, 0.1) is 5.92 Å². The molecule has 0 radical (unpaired) electrons. The topological polar surface area (TPSA) is 46.0 Å². The van der Waals surface area contributed by atoms with Crippen molar-refractivity contribution in [2.45, 2.75) is 44.2 Å². The highest BCUT2D eigenvalue weighted by molar-refractivity contribution is 5.13. The maximum atomic E-state index is 4.09. The number of nitrogens with one attached hydrogen (secondary N) is 1. The first-order valence-corrected chi connectivity index (χ1v) is 7.20. The lowest BCUT2D eigenvalue weighted by atomic mass is 9.71. The molecule has 1 fully saturated rings. The molecular formula is C14H27N5. The van der Waals surface area contributed by atoms with Crippen LogP contribution >= 0.6 is 0 Å². The Morgan fingerprint density at radius 2 is 2.05 bits per heavy atom. The van der Waals surface area contributed by atoms with E-state index in [-0.39, 0.29) is 11.6 Å². The van der Waals surface area contributed by atoms with Crippen molar-refractivity contribution in [2.24, 2.45) is 13.0 Å². The van der Waals surface area contributed by atoms with Crippen molar-refractivity contribution in [3.05, 3.63) is 11.9 Å². The molecule has 5 nitrogen and oxygen atoms in total. The maximum Gasteiger partial charge on any atom is 0.0772 e. The summed E-state index contributed by atoms with van der Waals surface area (Å²) in [5, 5.41) is 11.6. The summed E-state index contributed by atoms with van der Waals surface area (Å²) in [4.78, 5) is 2.40. The highest BCUT2D eigenvalue weighted by Crippen LogP contribution is 2.43. The van der Waals surface area contributed by atoms with Gasteiger partial charge >= 0.3 is 0 Å². The summed E-state index contributed by atoms with van der Waals surface area (Å²) in [6.07, 6.45) is 6.92. The van der Waals surface area contributed by atoms with Crippen LogP contribution in [-0.2, 0) is 7.05 Å². The van der Waals surface area contributed by atoms with Crippen LogP contribution in [0.5, 0.6) is 0 Å². The van der Waals surface area contributed by atoms with E-state index in [1.165, 1.54) is 31.4 Å². The largest absolute Gasteiger partial charge is 0.310 e. The molecule has 0 aliphatic heterocycles. The van der Waals surface area contributed by atoms with Crippen molar-refractivity contribution in [3.63, 3.8) is 0 Å². The highest BCUT2D eigenvalue weighted by atomic mass is 15.4. The summed E-state index contributed by atoms with van der Waals surface area (Å²) in [5.41, 5.74) is 1.34. The Morgan fingerprint density at radius 3 is 2.47 bits per heavy atom. The van der Waals surface area contributed by atoms with Crippen molar-refractivity contribution in [1.29, 1.82) is 0 Å². The molecule has 0 spiro atoms. The lowest BCUT2D eigenvalue weighted by Crippen LogP contribution is -2.55. The normalized spacial score (nSPS) is 29.7. The third-order valence-corrected chi connectivity index (χ3v) is 4.90. The molecule has 5 heteroatoms. The van der Waals surface area contributed by atoms with Gasteiger partial charge in [-0.15, -0.1) is 5.10 Å². The minimum Gasteiger partial charge on any atom is -0.310 e. The summed E-state index contributed by atoms with van der Waals surface area (Å²) in [6, 6.07) is 0.273. The van der Waals surface area contributed by atoms with Gasteiger partial charge in [0.15, 0.2) is 0 Å². The van der Waals surface area contributed by atoms with Crippen LogP contribution in [0.4, 0.5) is 0 Å². The molecule has 1 aromatic rings. The number of hydrogen-bond acceptors (Lipinski definition) is 4. The summed E-state index contributed by atoms with van der Waals surface area (Å²) >= 11 is 0. The molecule has 1 heterocycles. The third kappa shape index (κ3) is 2.54. The number of aromatic nitrogens is 3. The zero-order valence-corrected chi connectivity index (χ0v) is 12.8. The van der Waals surface area contributed by atoms with E-state index >= 15 is 0 Å². The lowest BCUT2D eigenvalue weighted by Gasteiger charge is -2.49. The highest BCUT2D eigenvalue weighted by Gasteiger charge is 2.44. The number of nitrogens with zero attached hydrogens (tertiary/aromatic N) is 4. The summed E-state index contributed by atoms with van der Waals surface area (Å²) < 4.78 is 1.89. The van der Waals surface area contributed by atoms with Crippen molar-refractivity contribution < 1.29 is 0 Å². The quantitative estimate of drug-likeness (QED) is 0.898. The molecule has 1 saturated carbocycles. The van der Waals surface area contributed by atoms with Crippen molar-refractivity contribution in [2.75, 3.05) is 21.1 Å². The van der Waals surface area contributed by atoms with Crippen molar-refractivity contribution >= 4 is 0 Å². The van der Waals surface area contributed by atoms with Crippen molar-refractivity contribution in [1.82, 2.24) is 25.2 Å². The molecule has 1 aromatic heterocycles. The number of likely N-dealkylation sites (N-methyl/N-ethyl adjacent to an activating group) is 2. The van der Waals surface area contributed by atoms with E-state index in [0.29, 0.717) is 0 Å². The second-order valence-corrected chi connectivity index (χ2v) is 6.18. The molecule has 19 heavy (non-hydrogen) atoms. The van der Waals surface area contributed by atoms with E-state index in [0.717, 1.165) is 5.92 Å². The Labute approximate surface area is 116 Å². The smallest absolute Gasteiger partial charge is 0.0772 e. The minimum absolute atomic E-state index is 0.163. The second-order valence-electron chi connectivity index (χ2n) is 6.18. The van der Waals surface area contributed by atoms with Crippen LogP contribution in [0.3, 0.4) is 0 Å². The van der Waals surface area contributed by atoms with E-state index in [1.807, 2.05) is 25.0 Å². The average molecular weight is 265 g/mol. The first kappa shape index (κ1) is 14.5. The predicted molar refractivity (Wildman–Crippen MR) is 76.9 cm³/mol. The van der Waals surface area contributed by atoms with Gasteiger partial charge < -0.3 is 10.2 Å². The second kappa shape index (κ2) is 5.59. The average Bonchev–Trinajstić information content (AvgIpc) is 2.79. The molecule has 1 unspecified atom stereocenters. The van der Waals surface area contributed by atoms with Crippen LogP contribution in [0.2, 0.25) is 0 Å². The zero-order valence-electron chi connectivity index (χ0n) is 12.8. The van der Waals surface area contributed by atoms with Gasteiger partial charge in [-0.2, -0.15) is 0 Å². The van der Waals surface area contributed by atoms with E-state index in [2.05, 4.69) is 41.5 Å². The van der Waals surface area contributed by atoms with Gasteiger partial charge in [-0.3, -0.25) is 4.68 Å². The van der Waals surface area contributed by atoms with Gasteiger partial charge in [0.1, 0.15) is 0 Å². The zero-order chi connectivity index (χ0) is 14.0. The standard InChI is InChI=1S/C14H27N5/c1-11-6-8-14(9-7-11,18(3)4)13(15-2)12-10-16-17-19(12)5/h10-11,13,15H,6-9H2,1-5H3. The summed E-state index contributed by atoms with van der Waals surface area (Å²) in [6.45, 7) is 2.36. The molecule has 1 N–H and O–H groups in total. The number of aryl methyl sites for hydroxylation is 1. The first-order valence-electron chi connectivity index (χ1n) is 7.20. The fourth-order valence-electron chi connectivity index (χ4n) is 3.51. The Hall–Kier alpha value is -0.940. The number of hydrogen-bond donors (Lipinski definition) is 1. The Morgan fingerprint density at radius 1 is 1.42 bits per heavy atom. The molecule has 108 valence electrons. The van der Waals surface area contributed by atoms with Crippen LogP contribution in [0.1, 0.15) is 44.3 Å². The first-order chi connectivity index (χ1) is 9.01. The maximum absolute atomic E-state index is 4.09. The Balaban J connectivity index is 2.34. The van der Waals surface area contributed by atoms with Crippen LogP contribution < -0.4 is 5.32 Å². The Bertz CT molecular complexity index is 404. The monoisotopic (exact) mass is 265 g/mol. The van der Waals surface area contributed by atoms with Gasteiger partial charge in [0.05, 0.1) is 17.9 Å². The molecular weight excluding hydrogens is 238 g/mol. The molecule has 1 atom stereocenters. The fourth-order valence-corrected chi connectivity index (χ4v) is 3.51. The molecule has 0 saturated heterocycles.